The molecule has 5 nitrogen and oxygen atoms in total. The Hall–Kier alpha value is -2.29. The highest BCUT2D eigenvalue weighted by molar-refractivity contribution is 7.99. The van der Waals surface area contributed by atoms with Gasteiger partial charge in [0.25, 0.3) is 0 Å². The van der Waals surface area contributed by atoms with Crippen molar-refractivity contribution in [3.8, 4) is 0 Å². The van der Waals surface area contributed by atoms with Crippen molar-refractivity contribution < 1.29 is 18.4 Å². The van der Waals surface area contributed by atoms with Crippen LogP contribution in [0.4, 0.5) is 13.2 Å². The van der Waals surface area contributed by atoms with E-state index in [0.717, 1.165) is 24.0 Å². The van der Waals surface area contributed by atoms with Gasteiger partial charge in [0.15, 0.2) is 5.84 Å². The second kappa shape index (κ2) is 6.00. The number of aromatic nitrogens is 2. The number of nitrogens with zero attached hydrogens (tertiary/aromatic N) is 3. The Balaban J connectivity index is 2.19. The van der Waals surface area contributed by atoms with Crippen LogP contribution >= 0.6 is 11.8 Å². The third-order valence-corrected chi connectivity index (χ3v) is 3.33. The summed E-state index contributed by atoms with van der Waals surface area (Å²) in [5, 5.41) is 11.8. The van der Waals surface area contributed by atoms with Gasteiger partial charge in [0.1, 0.15) is 10.7 Å². The predicted molar refractivity (Wildman–Crippen MR) is 70.1 cm³/mol. The SMILES string of the molecule is NC(=NO)c1cc(Sc2ccc(C(F)(F)F)cn2)ccn1. The number of hydrogen-bond donors (Lipinski definition) is 2. The zero-order chi connectivity index (χ0) is 15.5. The van der Waals surface area contributed by atoms with Crippen LogP contribution in [0.5, 0.6) is 0 Å². The zero-order valence-electron chi connectivity index (χ0n) is 10.4. The van der Waals surface area contributed by atoms with Crippen molar-refractivity contribution >= 4 is 17.6 Å². The number of amidine groups is 1. The van der Waals surface area contributed by atoms with E-state index in [1.165, 1.54) is 12.3 Å². The van der Waals surface area contributed by atoms with Gasteiger partial charge >= 0.3 is 6.18 Å². The maximum absolute atomic E-state index is 12.4. The fourth-order valence-electron chi connectivity index (χ4n) is 1.40. The minimum absolute atomic E-state index is 0.155. The van der Waals surface area contributed by atoms with Crippen molar-refractivity contribution in [2.24, 2.45) is 10.9 Å². The molecule has 0 unspecified atom stereocenters. The van der Waals surface area contributed by atoms with Crippen molar-refractivity contribution in [2.45, 2.75) is 16.1 Å². The van der Waals surface area contributed by atoms with Crippen molar-refractivity contribution in [1.29, 1.82) is 0 Å². The summed E-state index contributed by atoms with van der Waals surface area (Å²) in [6.45, 7) is 0. The molecule has 0 atom stereocenters. The van der Waals surface area contributed by atoms with Gasteiger partial charge in [0.05, 0.1) is 5.56 Å². The standard InChI is InChI=1S/C12H9F3N4OS/c13-12(14,15)7-1-2-10(18-6-7)21-8-3-4-17-9(5-8)11(16)19-20/h1-6,20H,(H2,16,19). The minimum atomic E-state index is -4.41. The highest BCUT2D eigenvalue weighted by Gasteiger charge is 2.30. The van der Waals surface area contributed by atoms with Crippen molar-refractivity contribution in [1.82, 2.24) is 9.97 Å². The first-order chi connectivity index (χ1) is 9.90. The van der Waals surface area contributed by atoms with Gasteiger partial charge in [-0.05, 0) is 24.3 Å². The molecule has 0 fully saturated rings. The number of pyridine rings is 2. The maximum Gasteiger partial charge on any atom is 0.417 e. The predicted octanol–water partition coefficient (Wildman–Crippen LogP) is 2.74. The first kappa shape index (κ1) is 15.1. The van der Waals surface area contributed by atoms with E-state index in [4.69, 9.17) is 10.9 Å². The number of alkyl halides is 3. The van der Waals surface area contributed by atoms with Crippen LogP contribution in [-0.4, -0.2) is 21.0 Å². The van der Waals surface area contributed by atoms with Crippen LogP contribution in [0.1, 0.15) is 11.3 Å². The van der Waals surface area contributed by atoms with Gasteiger partial charge in [-0.2, -0.15) is 13.2 Å². The number of halogens is 3. The van der Waals surface area contributed by atoms with Crippen LogP contribution in [0.25, 0.3) is 0 Å². The lowest BCUT2D eigenvalue weighted by molar-refractivity contribution is -0.137. The Labute approximate surface area is 121 Å². The van der Waals surface area contributed by atoms with Gasteiger partial charge in [0.2, 0.25) is 0 Å². The summed E-state index contributed by atoms with van der Waals surface area (Å²) in [6.07, 6.45) is -2.19. The monoisotopic (exact) mass is 314 g/mol. The molecule has 0 saturated carbocycles. The third kappa shape index (κ3) is 3.85. The quantitative estimate of drug-likeness (QED) is 0.394. The first-order valence-electron chi connectivity index (χ1n) is 5.55. The molecule has 0 spiro atoms. The average Bonchev–Trinajstić information content (AvgIpc) is 2.46. The smallest absolute Gasteiger partial charge is 0.409 e. The Morgan fingerprint density at radius 3 is 2.57 bits per heavy atom. The molecule has 0 aliphatic heterocycles. The van der Waals surface area contributed by atoms with Crippen LogP contribution in [0.3, 0.4) is 0 Å². The van der Waals surface area contributed by atoms with Crippen LogP contribution in [0.2, 0.25) is 0 Å². The minimum Gasteiger partial charge on any atom is -0.409 e. The van der Waals surface area contributed by atoms with Gasteiger partial charge in [-0.3, -0.25) is 4.98 Å². The second-order valence-corrected chi connectivity index (χ2v) is 4.94. The van der Waals surface area contributed by atoms with E-state index in [2.05, 4.69) is 15.1 Å². The molecule has 21 heavy (non-hydrogen) atoms. The van der Waals surface area contributed by atoms with Gasteiger partial charge in [-0.1, -0.05) is 16.9 Å². The fourth-order valence-corrected chi connectivity index (χ4v) is 2.18. The molecule has 0 aromatic carbocycles. The number of hydrogen-bond acceptors (Lipinski definition) is 5. The van der Waals surface area contributed by atoms with E-state index in [0.29, 0.717) is 9.92 Å². The molecule has 2 aromatic rings. The number of oxime groups is 1. The molecule has 2 aromatic heterocycles. The lowest BCUT2D eigenvalue weighted by Gasteiger charge is -2.07. The van der Waals surface area contributed by atoms with Gasteiger partial charge in [-0.25, -0.2) is 4.98 Å². The molecule has 3 N–H and O–H groups in total. The average molecular weight is 314 g/mol. The van der Waals surface area contributed by atoms with Crippen molar-refractivity contribution in [3.63, 3.8) is 0 Å². The summed E-state index contributed by atoms with van der Waals surface area (Å²) in [4.78, 5) is 8.30. The molecular weight excluding hydrogens is 305 g/mol. The molecule has 9 heteroatoms. The van der Waals surface area contributed by atoms with Crippen LogP contribution < -0.4 is 5.73 Å². The third-order valence-electron chi connectivity index (χ3n) is 2.39. The highest BCUT2D eigenvalue weighted by Crippen LogP contribution is 2.31. The molecular formula is C12H9F3N4OS. The van der Waals surface area contributed by atoms with Gasteiger partial charge in [0, 0.05) is 17.3 Å². The second-order valence-electron chi connectivity index (χ2n) is 3.85. The Kier molecular flexibility index (Phi) is 4.32. The molecule has 0 aliphatic rings. The summed E-state index contributed by atoms with van der Waals surface area (Å²) in [7, 11) is 0. The van der Waals surface area contributed by atoms with Crippen molar-refractivity contribution in [2.75, 3.05) is 0 Å². The van der Waals surface area contributed by atoms with E-state index in [1.54, 1.807) is 12.1 Å². The Bertz CT molecular complexity index is 658. The largest absolute Gasteiger partial charge is 0.417 e. The zero-order valence-corrected chi connectivity index (χ0v) is 11.2. The highest BCUT2D eigenvalue weighted by atomic mass is 32.2. The van der Waals surface area contributed by atoms with Crippen LogP contribution in [0, 0.1) is 0 Å². The maximum atomic E-state index is 12.4. The van der Waals surface area contributed by atoms with E-state index >= 15 is 0 Å². The summed E-state index contributed by atoms with van der Waals surface area (Å²) in [5.74, 6) is -0.155. The fraction of sp³-hybridized carbons (Fsp3) is 0.0833. The molecule has 2 rings (SSSR count). The van der Waals surface area contributed by atoms with E-state index < -0.39 is 11.7 Å². The summed E-state index contributed by atoms with van der Waals surface area (Å²) < 4.78 is 37.3. The molecule has 0 aliphatic carbocycles. The normalized spacial score (nSPS) is 12.4. The Morgan fingerprint density at radius 1 is 1.24 bits per heavy atom. The molecule has 2 heterocycles. The lowest BCUT2D eigenvalue weighted by atomic mass is 10.3. The van der Waals surface area contributed by atoms with Crippen molar-refractivity contribution in [3.05, 3.63) is 47.9 Å². The first-order valence-corrected chi connectivity index (χ1v) is 6.37. The van der Waals surface area contributed by atoms with Crippen LogP contribution in [0.15, 0.2) is 51.7 Å². The van der Waals surface area contributed by atoms with Crippen LogP contribution in [-0.2, 0) is 6.18 Å². The van der Waals surface area contributed by atoms with Gasteiger partial charge in [-0.15, -0.1) is 0 Å². The summed E-state index contributed by atoms with van der Waals surface area (Å²) >= 11 is 1.14. The molecule has 0 saturated heterocycles. The summed E-state index contributed by atoms with van der Waals surface area (Å²) in [6, 6.07) is 5.41. The van der Waals surface area contributed by atoms with E-state index in [1.807, 2.05) is 0 Å². The molecule has 0 bridgehead atoms. The Morgan fingerprint density at radius 2 is 2.00 bits per heavy atom. The molecule has 0 radical (unpaired) electrons. The topological polar surface area (TPSA) is 84.4 Å². The van der Waals surface area contributed by atoms with Gasteiger partial charge < -0.3 is 10.9 Å². The molecule has 110 valence electrons. The van der Waals surface area contributed by atoms with E-state index in [9.17, 15) is 13.2 Å². The number of rotatable bonds is 3. The number of nitrogens with two attached hydrogens (primary N) is 1. The molecule has 0 amide bonds. The van der Waals surface area contributed by atoms with E-state index in [-0.39, 0.29) is 11.5 Å². The lowest BCUT2D eigenvalue weighted by Crippen LogP contribution is -2.14. The summed E-state index contributed by atoms with van der Waals surface area (Å²) in [5.41, 5.74) is 4.86.